The predicted molar refractivity (Wildman–Crippen MR) is 130 cm³/mol. The fourth-order valence-electron chi connectivity index (χ4n) is 3.87. The first-order chi connectivity index (χ1) is 15.7. The lowest BCUT2D eigenvalue weighted by molar-refractivity contribution is 0.416. The number of phenols is 1. The summed E-state index contributed by atoms with van der Waals surface area (Å²) >= 11 is 0. The highest BCUT2D eigenvalue weighted by molar-refractivity contribution is 7.85. The number of H-pyrrole nitrogens is 1. The highest BCUT2D eigenvalue weighted by Crippen LogP contribution is 2.37. The summed E-state index contributed by atoms with van der Waals surface area (Å²) in [6.07, 6.45) is 0. The lowest BCUT2D eigenvalue weighted by Gasteiger charge is -2.09. The van der Waals surface area contributed by atoms with Gasteiger partial charge in [-0.25, -0.2) is 9.37 Å². The SMILES string of the molecule is COc1cc(-c2ccc(F)cc2)ccc1-c1nc2c(ccc3cc(S(=O)(=O)O)cc(O)c32)[nH]1.Cl. The zero-order valence-electron chi connectivity index (χ0n) is 17.6. The van der Waals surface area contributed by atoms with E-state index >= 15 is 0 Å². The molecule has 174 valence electrons. The van der Waals surface area contributed by atoms with Crippen LogP contribution in [0.5, 0.6) is 11.5 Å². The molecule has 10 heteroatoms. The lowest BCUT2D eigenvalue weighted by Crippen LogP contribution is -1.97. The van der Waals surface area contributed by atoms with E-state index in [-0.39, 0.29) is 24.0 Å². The van der Waals surface area contributed by atoms with Crippen molar-refractivity contribution < 1.29 is 27.2 Å². The minimum atomic E-state index is -4.47. The van der Waals surface area contributed by atoms with Crippen LogP contribution in [0.1, 0.15) is 0 Å². The van der Waals surface area contributed by atoms with Crippen molar-refractivity contribution in [2.45, 2.75) is 4.90 Å². The number of aromatic amines is 1. The summed E-state index contributed by atoms with van der Waals surface area (Å²) in [6, 6.07) is 17.3. The topological polar surface area (TPSA) is 113 Å². The molecule has 0 fully saturated rings. The largest absolute Gasteiger partial charge is 0.507 e. The van der Waals surface area contributed by atoms with Crippen molar-refractivity contribution >= 4 is 44.3 Å². The fourth-order valence-corrected chi connectivity index (χ4v) is 4.40. The summed E-state index contributed by atoms with van der Waals surface area (Å²) < 4.78 is 51.1. The Hall–Kier alpha value is -3.66. The van der Waals surface area contributed by atoms with E-state index in [4.69, 9.17) is 4.74 Å². The number of rotatable bonds is 4. The molecule has 0 spiro atoms. The second-order valence-corrected chi connectivity index (χ2v) is 8.91. The van der Waals surface area contributed by atoms with Crippen LogP contribution in [0.2, 0.25) is 0 Å². The average Bonchev–Trinajstić information content (AvgIpc) is 3.22. The van der Waals surface area contributed by atoms with Crippen molar-refractivity contribution in [3.8, 4) is 34.0 Å². The number of nitrogens with one attached hydrogen (secondary N) is 1. The second-order valence-electron chi connectivity index (χ2n) is 7.48. The van der Waals surface area contributed by atoms with Crippen LogP contribution in [0.4, 0.5) is 4.39 Å². The van der Waals surface area contributed by atoms with Crippen molar-refractivity contribution in [1.29, 1.82) is 0 Å². The van der Waals surface area contributed by atoms with Crippen LogP contribution in [-0.4, -0.2) is 35.2 Å². The molecule has 0 saturated heterocycles. The normalized spacial score (nSPS) is 11.5. The lowest BCUT2D eigenvalue weighted by atomic mass is 10.0. The molecular weight excluding hydrogens is 483 g/mol. The molecule has 5 rings (SSSR count). The van der Waals surface area contributed by atoms with E-state index in [1.807, 2.05) is 18.2 Å². The van der Waals surface area contributed by atoms with Gasteiger partial charge in [0.1, 0.15) is 28.7 Å². The molecule has 0 atom stereocenters. The van der Waals surface area contributed by atoms with Gasteiger partial charge in [-0.05, 0) is 52.9 Å². The maximum absolute atomic E-state index is 13.3. The van der Waals surface area contributed by atoms with E-state index in [0.29, 0.717) is 38.9 Å². The molecule has 5 aromatic rings. The summed E-state index contributed by atoms with van der Waals surface area (Å²) in [5.41, 5.74) is 3.40. The standard InChI is InChI=1S/C24H17FN2O5S.ClH/c1-32-21-11-14(13-2-6-16(25)7-3-13)4-8-18(21)24-26-19-9-5-15-10-17(33(29,30)31)12-20(28)22(15)23(19)27-24;/h2-12,28H,1H3,(H,26,27)(H,29,30,31);1H. The Labute approximate surface area is 200 Å². The molecule has 1 heterocycles. The maximum Gasteiger partial charge on any atom is 0.294 e. The summed E-state index contributed by atoms with van der Waals surface area (Å²) in [4.78, 5) is 7.43. The zero-order chi connectivity index (χ0) is 23.3. The van der Waals surface area contributed by atoms with Gasteiger partial charge >= 0.3 is 0 Å². The van der Waals surface area contributed by atoms with E-state index in [1.54, 1.807) is 24.3 Å². The molecule has 34 heavy (non-hydrogen) atoms. The van der Waals surface area contributed by atoms with Crippen LogP contribution in [0.15, 0.2) is 71.6 Å². The summed E-state index contributed by atoms with van der Waals surface area (Å²) in [7, 11) is -2.94. The van der Waals surface area contributed by atoms with Crippen LogP contribution in [0.25, 0.3) is 44.3 Å². The Balaban J connectivity index is 0.00000274. The van der Waals surface area contributed by atoms with Gasteiger partial charge in [-0.15, -0.1) is 12.4 Å². The van der Waals surface area contributed by atoms with E-state index in [0.717, 1.165) is 17.2 Å². The number of ether oxygens (including phenoxy) is 1. The van der Waals surface area contributed by atoms with Crippen molar-refractivity contribution in [1.82, 2.24) is 9.97 Å². The first-order valence-electron chi connectivity index (χ1n) is 9.82. The smallest absolute Gasteiger partial charge is 0.294 e. The molecule has 3 N–H and O–H groups in total. The fraction of sp³-hybridized carbons (Fsp3) is 0.0417. The number of aromatic nitrogens is 2. The van der Waals surface area contributed by atoms with E-state index in [1.165, 1.54) is 25.3 Å². The Morgan fingerprint density at radius 3 is 2.35 bits per heavy atom. The molecule has 0 aliphatic rings. The number of aromatic hydroxyl groups is 1. The van der Waals surface area contributed by atoms with Crippen LogP contribution < -0.4 is 4.74 Å². The minimum absolute atomic E-state index is 0. The number of fused-ring (bicyclic) bond motifs is 3. The Morgan fingerprint density at radius 1 is 0.971 bits per heavy atom. The van der Waals surface area contributed by atoms with Gasteiger partial charge in [-0.2, -0.15) is 8.42 Å². The Bertz CT molecular complexity index is 1650. The number of phenolic OH excluding ortho intramolecular Hbond substituents is 1. The summed E-state index contributed by atoms with van der Waals surface area (Å²) in [5.74, 6) is 0.391. The van der Waals surface area contributed by atoms with Crippen LogP contribution in [-0.2, 0) is 10.1 Å². The highest BCUT2D eigenvalue weighted by atomic mass is 35.5. The van der Waals surface area contributed by atoms with Gasteiger partial charge in [0.2, 0.25) is 0 Å². The van der Waals surface area contributed by atoms with Gasteiger partial charge in [-0.1, -0.05) is 24.3 Å². The van der Waals surface area contributed by atoms with E-state index in [2.05, 4.69) is 9.97 Å². The monoisotopic (exact) mass is 500 g/mol. The third kappa shape index (κ3) is 4.05. The van der Waals surface area contributed by atoms with Crippen LogP contribution in [0.3, 0.4) is 0 Å². The Kier molecular flexibility index (Phi) is 5.94. The molecule has 0 bridgehead atoms. The molecule has 4 aromatic carbocycles. The van der Waals surface area contributed by atoms with Gasteiger partial charge in [0.15, 0.2) is 0 Å². The van der Waals surface area contributed by atoms with E-state index < -0.39 is 15.0 Å². The maximum atomic E-state index is 13.3. The third-order valence-electron chi connectivity index (χ3n) is 5.45. The molecular formula is C24H18ClFN2O5S. The predicted octanol–water partition coefficient (Wildman–Crippen LogP) is 5.57. The third-order valence-corrected chi connectivity index (χ3v) is 6.28. The molecule has 0 radical (unpaired) electrons. The van der Waals surface area contributed by atoms with Gasteiger partial charge < -0.3 is 14.8 Å². The number of hydrogen-bond donors (Lipinski definition) is 3. The highest BCUT2D eigenvalue weighted by Gasteiger charge is 2.18. The van der Waals surface area contributed by atoms with Crippen molar-refractivity contribution in [3.63, 3.8) is 0 Å². The first kappa shape index (κ1) is 23.5. The molecule has 0 amide bonds. The minimum Gasteiger partial charge on any atom is -0.507 e. The van der Waals surface area contributed by atoms with Crippen molar-refractivity contribution in [2.75, 3.05) is 7.11 Å². The van der Waals surface area contributed by atoms with Crippen molar-refractivity contribution in [3.05, 3.63) is 72.5 Å². The number of hydrogen-bond acceptors (Lipinski definition) is 5. The second kappa shape index (κ2) is 8.60. The van der Waals surface area contributed by atoms with Crippen LogP contribution in [0, 0.1) is 5.82 Å². The molecule has 0 aliphatic heterocycles. The molecule has 1 aromatic heterocycles. The summed E-state index contributed by atoms with van der Waals surface area (Å²) in [5, 5.41) is 11.3. The zero-order valence-corrected chi connectivity index (χ0v) is 19.2. The van der Waals surface area contributed by atoms with Gasteiger partial charge in [-0.3, -0.25) is 4.55 Å². The van der Waals surface area contributed by atoms with Gasteiger partial charge in [0.05, 0.1) is 28.5 Å². The first-order valence-corrected chi connectivity index (χ1v) is 11.3. The molecule has 0 aliphatic carbocycles. The molecule has 0 unspecified atom stereocenters. The van der Waals surface area contributed by atoms with Crippen molar-refractivity contribution in [2.24, 2.45) is 0 Å². The number of methoxy groups -OCH3 is 1. The van der Waals surface area contributed by atoms with Gasteiger partial charge in [0.25, 0.3) is 10.1 Å². The average molecular weight is 501 g/mol. The number of nitrogens with zero attached hydrogens (tertiary/aromatic N) is 1. The number of benzene rings is 4. The molecule has 7 nitrogen and oxygen atoms in total. The van der Waals surface area contributed by atoms with E-state index in [9.17, 15) is 22.5 Å². The van der Waals surface area contributed by atoms with Crippen LogP contribution >= 0.6 is 12.4 Å². The number of halogens is 2. The quantitative estimate of drug-likeness (QED) is 0.278. The Morgan fingerprint density at radius 2 is 1.68 bits per heavy atom. The molecule has 0 saturated carbocycles. The summed E-state index contributed by atoms with van der Waals surface area (Å²) in [6.45, 7) is 0. The van der Waals surface area contributed by atoms with Gasteiger partial charge in [0, 0.05) is 6.07 Å². The number of imidazole rings is 1.